The maximum absolute atomic E-state index is 13.0. The Hall–Kier alpha value is -4.14. The SMILES string of the molecule is COc1ccc2nccc(Oc3cnc(CC(=O)Nc4c(C)c(C)nn4C(C)(C)C)c(OC)c3)c2c1. The van der Waals surface area contributed by atoms with E-state index in [0.29, 0.717) is 34.5 Å². The van der Waals surface area contributed by atoms with Crippen molar-refractivity contribution in [3.63, 3.8) is 0 Å². The van der Waals surface area contributed by atoms with Crippen LogP contribution in [-0.2, 0) is 16.8 Å². The number of amides is 1. The molecule has 3 aromatic heterocycles. The first-order valence-electron chi connectivity index (χ1n) is 11.6. The van der Waals surface area contributed by atoms with Crippen molar-refractivity contribution in [1.29, 1.82) is 0 Å². The van der Waals surface area contributed by atoms with Crippen molar-refractivity contribution in [2.24, 2.45) is 0 Å². The Balaban J connectivity index is 1.56. The molecule has 36 heavy (non-hydrogen) atoms. The minimum absolute atomic E-state index is 0.0344. The predicted molar refractivity (Wildman–Crippen MR) is 138 cm³/mol. The summed E-state index contributed by atoms with van der Waals surface area (Å²) in [6.45, 7) is 10.0. The molecular formula is C27H31N5O4. The molecule has 0 aliphatic carbocycles. The first-order valence-corrected chi connectivity index (χ1v) is 11.6. The third-order valence-corrected chi connectivity index (χ3v) is 5.84. The van der Waals surface area contributed by atoms with Gasteiger partial charge in [0.05, 0.1) is 49.3 Å². The number of anilines is 1. The molecule has 3 heterocycles. The van der Waals surface area contributed by atoms with Gasteiger partial charge in [-0.25, -0.2) is 4.68 Å². The zero-order valence-corrected chi connectivity index (χ0v) is 21.7. The number of nitrogens with one attached hydrogen (secondary N) is 1. The van der Waals surface area contributed by atoms with Crippen molar-refractivity contribution in [1.82, 2.24) is 19.7 Å². The number of carbonyl (C=O) groups is 1. The first kappa shape index (κ1) is 25.0. The van der Waals surface area contributed by atoms with Crippen LogP contribution in [0, 0.1) is 13.8 Å². The highest BCUT2D eigenvalue weighted by atomic mass is 16.5. The number of carbonyl (C=O) groups excluding carboxylic acids is 1. The van der Waals surface area contributed by atoms with Crippen molar-refractivity contribution in [2.45, 2.75) is 46.6 Å². The number of ether oxygens (including phenoxy) is 3. The summed E-state index contributed by atoms with van der Waals surface area (Å²) in [7, 11) is 3.15. The summed E-state index contributed by atoms with van der Waals surface area (Å²) >= 11 is 0. The van der Waals surface area contributed by atoms with Crippen LogP contribution in [0.4, 0.5) is 5.82 Å². The van der Waals surface area contributed by atoms with Crippen molar-refractivity contribution in [3.8, 4) is 23.0 Å². The van der Waals surface area contributed by atoms with Gasteiger partial charge in [0.1, 0.15) is 28.8 Å². The quantitative estimate of drug-likeness (QED) is 0.381. The lowest BCUT2D eigenvalue weighted by Crippen LogP contribution is -2.27. The van der Waals surface area contributed by atoms with Gasteiger partial charge in [-0.2, -0.15) is 5.10 Å². The van der Waals surface area contributed by atoms with Crippen LogP contribution in [0.5, 0.6) is 23.0 Å². The Kier molecular flexibility index (Phi) is 6.83. The number of pyridine rings is 2. The lowest BCUT2D eigenvalue weighted by molar-refractivity contribution is -0.115. The molecule has 9 heteroatoms. The predicted octanol–water partition coefficient (Wildman–Crippen LogP) is 5.19. The number of aromatic nitrogens is 4. The van der Waals surface area contributed by atoms with Crippen LogP contribution in [0.2, 0.25) is 0 Å². The molecule has 1 aromatic carbocycles. The number of rotatable bonds is 7. The molecule has 0 bridgehead atoms. The summed E-state index contributed by atoms with van der Waals surface area (Å²) < 4.78 is 18.8. The normalized spacial score (nSPS) is 11.4. The summed E-state index contributed by atoms with van der Waals surface area (Å²) in [4.78, 5) is 21.8. The monoisotopic (exact) mass is 489 g/mol. The highest BCUT2D eigenvalue weighted by molar-refractivity contribution is 5.92. The first-order chi connectivity index (χ1) is 17.1. The molecule has 0 spiro atoms. The van der Waals surface area contributed by atoms with Gasteiger partial charge in [-0.1, -0.05) is 0 Å². The molecule has 0 radical (unpaired) electrons. The second-order valence-electron chi connectivity index (χ2n) is 9.48. The van der Waals surface area contributed by atoms with E-state index in [4.69, 9.17) is 14.2 Å². The molecule has 0 aliphatic heterocycles. The van der Waals surface area contributed by atoms with E-state index in [1.54, 1.807) is 31.6 Å². The highest BCUT2D eigenvalue weighted by Gasteiger charge is 2.23. The maximum Gasteiger partial charge on any atom is 0.231 e. The topological polar surface area (TPSA) is 100 Å². The van der Waals surface area contributed by atoms with E-state index >= 15 is 0 Å². The number of hydrogen-bond acceptors (Lipinski definition) is 7. The second-order valence-corrected chi connectivity index (χ2v) is 9.48. The highest BCUT2D eigenvalue weighted by Crippen LogP contribution is 2.33. The number of aryl methyl sites for hydroxylation is 1. The van der Waals surface area contributed by atoms with Gasteiger partial charge in [0.15, 0.2) is 0 Å². The van der Waals surface area contributed by atoms with Gasteiger partial charge in [-0.15, -0.1) is 0 Å². The van der Waals surface area contributed by atoms with E-state index in [1.807, 2.05) is 57.5 Å². The van der Waals surface area contributed by atoms with Crippen LogP contribution in [-0.4, -0.2) is 39.9 Å². The third-order valence-electron chi connectivity index (χ3n) is 5.84. The van der Waals surface area contributed by atoms with Gasteiger partial charge in [0.2, 0.25) is 5.91 Å². The average Bonchev–Trinajstić information content (AvgIpc) is 3.13. The second kappa shape index (κ2) is 9.85. The minimum Gasteiger partial charge on any atom is -0.497 e. The van der Waals surface area contributed by atoms with Crippen LogP contribution in [0.15, 0.2) is 42.7 Å². The van der Waals surface area contributed by atoms with Crippen molar-refractivity contribution in [2.75, 3.05) is 19.5 Å². The Morgan fingerprint density at radius 2 is 1.78 bits per heavy atom. The fraction of sp³-hybridized carbons (Fsp3) is 0.333. The van der Waals surface area contributed by atoms with Crippen molar-refractivity contribution in [3.05, 3.63) is 59.7 Å². The van der Waals surface area contributed by atoms with Gasteiger partial charge >= 0.3 is 0 Å². The van der Waals surface area contributed by atoms with Crippen LogP contribution < -0.4 is 19.5 Å². The fourth-order valence-electron chi connectivity index (χ4n) is 3.83. The smallest absolute Gasteiger partial charge is 0.231 e. The van der Waals surface area contributed by atoms with Crippen LogP contribution in [0.25, 0.3) is 10.9 Å². The Bertz CT molecular complexity index is 1420. The molecule has 1 amide bonds. The maximum atomic E-state index is 13.0. The molecule has 0 aliphatic rings. The Labute approximate surface area is 210 Å². The lowest BCUT2D eigenvalue weighted by atomic mass is 10.1. The summed E-state index contributed by atoms with van der Waals surface area (Å²) in [5.41, 5.74) is 2.81. The van der Waals surface area contributed by atoms with E-state index in [0.717, 1.165) is 22.2 Å². The molecule has 0 saturated heterocycles. The van der Waals surface area contributed by atoms with Crippen molar-refractivity contribution >= 4 is 22.6 Å². The Morgan fingerprint density at radius 3 is 2.47 bits per heavy atom. The van der Waals surface area contributed by atoms with E-state index in [-0.39, 0.29) is 17.9 Å². The molecule has 0 saturated carbocycles. The van der Waals surface area contributed by atoms with E-state index in [1.165, 1.54) is 7.11 Å². The molecular weight excluding hydrogens is 458 g/mol. The summed E-state index contributed by atoms with van der Waals surface area (Å²) in [6, 6.07) is 9.08. The molecule has 4 aromatic rings. The Morgan fingerprint density at radius 1 is 1.00 bits per heavy atom. The van der Waals surface area contributed by atoms with Crippen LogP contribution in [0.1, 0.15) is 37.7 Å². The minimum atomic E-state index is -0.280. The van der Waals surface area contributed by atoms with Crippen LogP contribution >= 0.6 is 0 Å². The summed E-state index contributed by atoms with van der Waals surface area (Å²) in [5, 5.41) is 8.41. The number of benzene rings is 1. The van der Waals surface area contributed by atoms with Gasteiger partial charge < -0.3 is 19.5 Å². The number of hydrogen-bond donors (Lipinski definition) is 1. The zero-order chi connectivity index (χ0) is 26.0. The largest absolute Gasteiger partial charge is 0.497 e. The zero-order valence-electron chi connectivity index (χ0n) is 21.7. The molecule has 0 atom stereocenters. The van der Waals surface area contributed by atoms with E-state index < -0.39 is 0 Å². The number of methoxy groups -OCH3 is 2. The third kappa shape index (κ3) is 5.10. The standard InChI is InChI=1S/C27H31N5O4/c1-16-17(2)31-32(27(3,4)5)26(16)30-25(33)14-22-24(35-7)13-19(15-29-22)36-23-10-11-28-21-9-8-18(34-6)12-20(21)23/h8-13,15H,14H2,1-7H3,(H,30,33). The van der Waals surface area contributed by atoms with Crippen molar-refractivity contribution < 1.29 is 19.0 Å². The number of fused-ring (bicyclic) bond motifs is 1. The molecule has 1 N–H and O–H groups in total. The molecule has 0 unspecified atom stereocenters. The van der Waals surface area contributed by atoms with Crippen LogP contribution in [0.3, 0.4) is 0 Å². The van der Waals surface area contributed by atoms with E-state index in [2.05, 4.69) is 20.4 Å². The van der Waals surface area contributed by atoms with E-state index in [9.17, 15) is 4.79 Å². The molecule has 9 nitrogen and oxygen atoms in total. The van der Waals surface area contributed by atoms with Gasteiger partial charge in [0, 0.05) is 23.2 Å². The summed E-state index contributed by atoms with van der Waals surface area (Å²) in [5.74, 6) is 2.71. The van der Waals surface area contributed by atoms with Gasteiger partial charge in [0.25, 0.3) is 0 Å². The molecule has 0 fully saturated rings. The molecule has 188 valence electrons. The average molecular weight is 490 g/mol. The fourth-order valence-corrected chi connectivity index (χ4v) is 3.83. The van der Waals surface area contributed by atoms with Gasteiger partial charge in [-0.05, 0) is 58.9 Å². The molecule has 4 rings (SSSR count). The lowest BCUT2D eigenvalue weighted by Gasteiger charge is -2.23. The summed E-state index contributed by atoms with van der Waals surface area (Å²) in [6.07, 6.45) is 3.29. The number of nitrogens with zero attached hydrogens (tertiary/aromatic N) is 4. The van der Waals surface area contributed by atoms with Gasteiger partial charge in [-0.3, -0.25) is 14.8 Å².